The first kappa shape index (κ1) is 17.4. The summed E-state index contributed by atoms with van der Waals surface area (Å²) in [4.78, 5) is 13.6. The minimum absolute atomic E-state index is 0.131. The van der Waals surface area contributed by atoms with Gasteiger partial charge in [-0.1, -0.05) is 13.8 Å². The summed E-state index contributed by atoms with van der Waals surface area (Å²) < 4.78 is 27.0. The van der Waals surface area contributed by atoms with Crippen LogP contribution in [0, 0.1) is 11.6 Å². The zero-order valence-electron chi connectivity index (χ0n) is 12.4. The van der Waals surface area contributed by atoms with Gasteiger partial charge in [0, 0.05) is 18.7 Å². The lowest BCUT2D eigenvalue weighted by molar-refractivity contribution is 0.173. The Hall–Kier alpha value is -1.69. The Morgan fingerprint density at radius 2 is 2.05 bits per heavy atom. The van der Waals surface area contributed by atoms with Gasteiger partial charge in [0.25, 0.3) is 0 Å². The van der Waals surface area contributed by atoms with Gasteiger partial charge in [-0.05, 0) is 31.0 Å². The van der Waals surface area contributed by atoms with Crippen LogP contribution in [0.5, 0.6) is 0 Å². The third kappa shape index (κ3) is 4.97. The second-order valence-electron chi connectivity index (χ2n) is 4.79. The first-order valence-corrected chi connectivity index (χ1v) is 7.14. The number of aliphatic hydroxyl groups excluding tert-OH is 1. The van der Waals surface area contributed by atoms with Crippen LogP contribution in [0.4, 0.5) is 13.6 Å². The molecule has 21 heavy (non-hydrogen) atoms. The maximum Gasteiger partial charge on any atom is 0.317 e. The number of carbonyl (C=O) groups excluding carboxylic acids is 1. The van der Waals surface area contributed by atoms with Gasteiger partial charge in [-0.2, -0.15) is 0 Å². The Balaban J connectivity index is 2.85. The highest BCUT2D eigenvalue weighted by Gasteiger charge is 2.20. The van der Waals surface area contributed by atoms with Gasteiger partial charge in [0.2, 0.25) is 0 Å². The lowest BCUT2D eigenvalue weighted by Gasteiger charge is -2.25. The fourth-order valence-corrected chi connectivity index (χ4v) is 2.13. The third-order valence-corrected chi connectivity index (χ3v) is 3.19. The van der Waals surface area contributed by atoms with Gasteiger partial charge in [0.05, 0.1) is 12.6 Å². The van der Waals surface area contributed by atoms with Crippen LogP contribution in [0.1, 0.15) is 38.3 Å². The van der Waals surface area contributed by atoms with E-state index in [9.17, 15) is 13.6 Å². The molecule has 118 valence electrons. The number of aliphatic hydroxyl groups is 1. The number of nitrogens with zero attached hydrogens (tertiary/aromatic N) is 1. The molecular formula is C15H22F2N2O2. The summed E-state index contributed by atoms with van der Waals surface area (Å²) in [6.45, 7) is 4.27. The van der Waals surface area contributed by atoms with Crippen LogP contribution in [0.3, 0.4) is 0 Å². The summed E-state index contributed by atoms with van der Waals surface area (Å²) in [5.74, 6) is -1.09. The molecule has 1 aromatic carbocycles. The van der Waals surface area contributed by atoms with Crippen molar-refractivity contribution in [3.63, 3.8) is 0 Å². The maximum atomic E-state index is 13.8. The van der Waals surface area contributed by atoms with Crippen LogP contribution in [-0.4, -0.2) is 35.7 Å². The molecule has 0 aromatic heterocycles. The average Bonchev–Trinajstić information content (AvgIpc) is 2.47. The van der Waals surface area contributed by atoms with Crippen molar-refractivity contribution in [2.24, 2.45) is 0 Å². The Morgan fingerprint density at radius 1 is 1.33 bits per heavy atom. The summed E-state index contributed by atoms with van der Waals surface area (Å²) >= 11 is 0. The van der Waals surface area contributed by atoms with E-state index in [0.717, 1.165) is 24.6 Å². The van der Waals surface area contributed by atoms with Crippen LogP contribution in [-0.2, 0) is 0 Å². The van der Waals surface area contributed by atoms with E-state index in [2.05, 4.69) is 5.32 Å². The van der Waals surface area contributed by atoms with E-state index < -0.39 is 17.7 Å². The molecule has 6 heteroatoms. The van der Waals surface area contributed by atoms with E-state index >= 15 is 0 Å². The first-order valence-electron chi connectivity index (χ1n) is 7.14. The highest BCUT2D eigenvalue weighted by molar-refractivity contribution is 5.74. The predicted molar refractivity (Wildman–Crippen MR) is 76.9 cm³/mol. The van der Waals surface area contributed by atoms with Crippen LogP contribution in [0.15, 0.2) is 18.2 Å². The first-order chi connectivity index (χ1) is 10.0. The van der Waals surface area contributed by atoms with Crippen molar-refractivity contribution in [2.45, 2.75) is 32.7 Å². The third-order valence-electron chi connectivity index (χ3n) is 3.19. The Bertz CT molecular complexity index is 463. The van der Waals surface area contributed by atoms with Crippen LogP contribution in [0.2, 0.25) is 0 Å². The number of benzene rings is 1. The number of amides is 2. The second kappa shape index (κ2) is 8.56. The molecule has 0 aliphatic rings. The molecule has 0 fully saturated rings. The molecule has 1 unspecified atom stereocenters. The second-order valence-corrected chi connectivity index (χ2v) is 4.79. The molecular weight excluding hydrogens is 278 g/mol. The van der Waals surface area contributed by atoms with E-state index in [0.29, 0.717) is 13.0 Å². The van der Waals surface area contributed by atoms with E-state index in [1.54, 1.807) is 6.92 Å². The summed E-state index contributed by atoms with van der Waals surface area (Å²) in [7, 11) is 0. The molecule has 0 heterocycles. The van der Waals surface area contributed by atoms with Gasteiger partial charge in [0.1, 0.15) is 11.6 Å². The van der Waals surface area contributed by atoms with Crippen LogP contribution >= 0.6 is 0 Å². The monoisotopic (exact) mass is 300 g/mol. The number of urea groups is 1. The van der Waals surface area contributed by atoms with Crippen LogP contribution in [0.25, 0.3) is 0 Å². The van der Waals surface area contributed by atoms with Crippen LogP contribution < -0.4 is 5.32 Å². The standard InChI is InChI=1S/C15H22F2N2O2/c1-3-7-19(8-9-20)15(21)18-14(4-2)12-10-11(16)5-6-13(12)17/h5-6,10,14,20H,3-4,7-9H2,1-2H3,(H,18,21). The van der Waals surface area contributed by atoms with Crippen molar-refractivity contribution in [3.05, 3.63) is 35.4 Å². The summed E-state index contributed by atoms with van der Waals surface area (Å²) in [5.41, 5.74) is 0.131. The molecule has 4 nitrogen and oxygen atoms in total. The Labute approximate surface area is 123 Å². The van der Waals surface area contributed by atoms with Gasteiger partial charge in [-0.3, -0.25) is 0 Å². The molecule has 0 saturated heterocycles. The zero-order chi connectivity index (χ0) is 15.8. The number of rotatable bonds is 7. The zero-order valence-corrected chi connectivity index (χ0v) is 12.4. The Kier molecular flexibility index (Phi) is 7.08. The molecule has 2 amide bonds. The number of nitrogens with one attached hydrogen (secondary N) is 1. The number of carbonyl (C=O) groups is 1. The number of halogens is 2. The summed E-state index contributed by atoms with van der Waals surface area (Å²) in [5, 5.41) is 11.7. The van der Waals surface area contributed by atoms with Gasteiger partial charge in [-0.15, -0.1) is 0 Å². The predicted octanol–water partition coefficient (Wildman–Crippen LogP) is 2.83. The van der Waals surface area contributed by atoms with Crippen molar-refractivity contribution in [2.75, 3.05) is 19.7 Å². The lowest BCUT2D eigenvalue weighted by Crippen LogP contribution is -2.43. The average molecular weight is 300 g/mol. The molecule has 0 radical (unpaired) electrons. The molecule has 1 aromatic rings. The van der Waals surface area contributed by atoms with Crippen molar-refractivity contribution in [1.29, 1.82) is 0 Å². The molecule has 0 bridgehead atoms. The molecule has 0 aliphatic heterocycles. The van der Waals surface area contributed by atoms with Gasteiger partial charge in [0.15, 0.2) is 0 Å². The fourth-order valence-electron chi connectivity index (χ4n) is 2.13. The van der Waals surface area contributed by atoms with E-state index in [1.165, 1.54) is 4.90 Å². The SMILES string of the molecule is CCCN(CCO)C(=O)NC(CC)c1cc(F)ccc1F. The molecule has 1 rings (SSSR count). The number of hydrogen-bond acceptors (Lipinski definition) is 2. The quantitative estimate of drug-likeness (QED) is 0.813. The highest BCUT2D eigenvalue weighted by atomic mass is 19.1. The van der Waals surface area contributed by atoms with Crippen molar-refractivity contribution in [3.8, 4) is 0 Å². The van der Waals surface area contributed by atoms with Gasteiger partial charge < -0.3 is 15.3 Å². The van der Waals surface area contributed by atoms with E-state index in [-0.39, 0.29) is 24.7 Å². The molecule has 0 spiro atoms. The minimum Gasteiger partial charge on any atom is -0.395 e. The van der Waals surface area contributed by atoms with Gasteiger partial charge in [-0.25, -0.2) is 13.6 Å². The fraction of sp³-hybridized carbons (Fsp3) is 0.533. The minimum atomic E-state index is -0.605. The van der Waals surface area contributed by atoms with Crippen molar-refractivity contribution < 1.29 is 18.7 Å². The molecule has 0 aliphatic carbocycles. The summed E-state index contributed by atoms with van der Waals surface area (Å²) in [6.07, 6.45) is 1.18. The molecule has 1 atom stereocenters. The smallest absolute Gasteiger partial charge is 0.317 e. The largest absolute Gasteiger partial charge is 0.395 e. The molecule has 0 saturated carbocycles. The molecule has 2 N–H and O–H groups in total. The normalized spacial score (nSPS) is 12.0. The highest BCUT2D eigenvalue weighted by Crippen LogP contribution is 2.21. The van der Waals surface area contributed by atoms with Crippen molar-refractivity contribution >= 4 is 6.03 Å². The van der Waals surface area contributed by atoms with E-state index in [1.807, 2.05) is 6.92 Å². The number of hydrogen-bond donors (Lipinski definition) is 2. The van der Waals surface area contributed by atoms with E-state index in [4.69, 9.17) is 5.11 Å². The maximum absolute atomic E-state index is 13.8. The lowest BCUT2D eigenvalue weighted by atomic mass is 10.0. The van der Waals surface area contributed by atoms with Crippen molar-refractivity contribution in [1.82, 2.24) is 10.2 Å². The Morgan fingerprint density at radius 3 is 2.62 bits per heavy atom. The summed E-state index contributed by atoms with van der Waals surface area (Å²) in [6, 6.07) is 2.20. The van der Waals surface area contributed by atoms with Gasteiger partial charge >= 0.3 is 6.03 Å². The topological polar surface area (TPSA) is 52.6 Å².